The summed E-state index contributed by atoms with van der Waals surface area (Å²) in [4.78, 5) is 39.8. The van der Waals surface area contributed by atoms with Crippen molar-refractivity contribution in [3.63, 3.8) is 0 Å². The third-order valence-electron chi connectivity index (χ3n) is 9.20. The normalized spacial score (nSPS) is 23.8. The monoisotopic (exact) mass is 640 g/mol. The highest BCUT2D eigenvalue weighted by molar-refractivity contribution is 5.78. The van der Waals surface area contributed by atoms with Crippen LogP contribution in [-0.2, 0) is 19.5 Å². The van der Waals surface area contributed by atoms with Crippen LogP contribution in [0.15, 0.2) is 97.1 Å². The summed E-state index contributed by atoms with van der Waals surface area (Å²) in [6.07, 6.45) is -2.65. The van der Waals surface area contributed by atoms with E-state index in [4.69, 9.17) is 0 Å². The van der Waals surface area contributed by atoms with Gasteiger partial charge in [0.1, 0.15) is 23.7 Å². The fourth-order valence-corrected chi connectivity index (χ4v) is 6.75. The SMILES string of the molecule is O=C1N(Cc2cccc([N+](=O)[O-])c2)[C@H](Cc2ccc(O)cc2)[C@H](O)[C@@H](O)C2(CC2c2ccc(O)cc2)N1Cc1cccc([N+](=O)[O-])c1. The minimum atomic E-state index is -1.50. The van der Waals surface area contributed by atoms with Crippen LogP contribution in [0.5, 0.6) is 11.5 Å². The Labute approximate surface area is 268 Å². The van der Waals surface area contributed by atoms with E-state index in [1.165, 1.54) is 70.5 Å². The first kappa shape index (κ1) is 31.5. The van der Waals surface area contributed by atoms with Gasteiger partial charge in [-0.3, -0.25) is 20.2 Å². The van der Waals surface area contributed by atoms with Gasteiger partial charge < -0.3 is 30.2 Å². The molecular formula is C34H32N4O9. The molecule has 0 radical (unpaired) electrons. The van der Waals surface area contributed by atoms with Gasteiger partial charge in [-0.25, -0.2) is 4.79 Å². The van der Waals surface area contributed by atoms with Crippen LogP contribution < -0.4 is 0 Å². The lowest BCUT2D eigenvalue weighted by atomic mass is 9.90. The second-order valence-electron chi connectivity index (χ2n) is 12.1. The van der Waals surface area contributed by atoms with Crippen LogP contribution in [-0.4, -0.2) is 69.9 Å². The molecule has 2 amide bonds. The maximum atomic E-state index is 14.9. The fraction of sp³-hybridized carbons (Fsp3) is 0.265. The molecule has 1 saturated carbocycles. The molecule has 4 aromatic rings. The number of phenolic OH excluding ortho intramolecular Hbond substituents is 2. The second-order valence-corrected chi connectivity index (χ2v) is 12.1. The number of aromatic hydroxyl groups is 2. The summed E-state index contributed by atoms with van der Waals surface area (Å²) in [5.74, 6) is -0.398. The number of hydrogen-bond donors (Lipinski definition) is 4. The number of benzene rings is 4. The highest BCUT2D eigenvalue weighted by atomic mass is 16.6. The van der Waals surface area contributed by atoms with E-state index in [-0.39, 0.29) is 48.8 Å². The lowest BCUT2D eigenvalue weighted by Crippen LogP contribution is -2.52. The zero-order valence-electron chi connectivity index (χ0n) is 25.0. The zero-order chi connectivity index (χ0) is 33.5. The first-order valence-electron chi connectivity index (χ1n) is 15.0. The summed E-state index contributed by atoms with van der Waals surface area (Å²) < 4.78 is 0. The summed E-state index contributed by atoms with van der Waals surface area (Å²) in [5, 5.41) is 67.0. The molecule has 5 atom stereocenters. The Morgan fingerprint density at radius 2 is 1.28 bits per heavy atom. The summed E-state index contributed by atoms with van der Waals surface area (Å²) in [7, 11) is 0. The van der Waals surface area contributed by atoms with Crippen molar-refractivity contribution >= 4 is 17.4 Å². The van der Waals surface area contributed by atoms with E-state index >= 15 is 0 Å². The number of nitro benzene ring substituents is 2. The van der Waals surface area contributed by atoms with Gasteiger partial charge in [-0.1, -0.05) is 48.5 Å². The molecule has 1 saturated heterocycles. The third kappa shape index (κ3) is 6.05. The molecule has 0 aromatic heterocycles. The first-order valence-corrected chi connectivity index (χ1v) is 15.0. The Morgan fingerprint density at radius 1 is 0.745 bits per heavy atom. The smallest absolute Gasteiger partial charge is 0.321 e. The van der Waals surface area contributed by atoms with Gasteiger partial charge in [-0.2, -0.15) is 0 Å². The zero-order valence-corrected chi connectivity index (χ0v) is 25.0. The molecule has 242 valence electrons. The van der Waals surface area contributed by atoms with Crippen molar-refractivity contribution in [3.8, 4) is 11.5 Å². The van der Waals surface area contributed by atoms with E-state index in [0.717, 1.165) is 0 Å². The average Bonchev–Trinajstić information content (AvgIpc) is 3.82. The van der Waals surface area contributed by atoms with Crippen LogP contribution in [0.3, 0.4) is 0 Å². The molecule has 2 aliphatic rings. The number of carbonyl (C=O) groups excluding carboxylic acids is 1. The number of nitrogens with zero attached hydrogens (tertiary/aromatic N) is 4. The summed E-state index contributed by atoms with van der Waals surface area (Å²) in [6, 6.07) is 22.6. The Kier molecular flexibility index (Phi) is 8.26. The molecule has 47 heavy (non-hydrogen) atoms. The van der Waals surface area contributed by atoms with Crippen molar-refractivity contribution in [2.45, 2.75) is 55.6 Å². The van der Waals surface area contributed by atoms with Gasteiger partial charge in [-0.15, -0.1) is 0 Å². The minimum absolute atomic E-state index is 0.0246. The molecular weight excluding hydrogens is 608 g/mol. The van der Waals surface area contributed by atoms with Gasteiger partial charge in [0.15, 0.2) is 0 Å². The van der Waals surface area contributed by atoms with Crippen LogP contribution >= 0.6 is 0 Å². The van der Waals surface area contributed by atoms with E-state index in [1.807, 2.05) is 0 Å². The predicted molar refractivity (Wildman–Crippen MR) is 168 cm³/mol. The van der Waals surface area contributed by atoms with E-state index < -0.39 is 45.6 Å². The summed E-state index contributed by atoms with van der Waals surface area (Å²) >= 11 is 0. The molecule has 4 N–H and O–H groups in total. The highest BCUT2D eigenvalue weighted by Crippen LogP contribution is 2.60. The van der Waals surface area contributed by atoms with Crippen LogP contribution in [0.1, 0.15) is 34.6 Å². The molecule has 2 fully saturated rings. The number of nitro groups is 2. The van der Waals surface area contributed by atoms with Crippen molar-refractivity contribution < 1.29 is 35.1 Å². The maximum Gasteiger partial charge on any atom is 0.321 e. The number of aliphatic hydroxyl groups is 2. The van der Waals surface area contributed by atoms with Crippen molar-refractivity contribution in [1.29, 1.82) is 0 Å². The minimum Gasteiger partial charge on any atom is -0.508 e. The standard InChI is InChI=1S/C34H32N4O9/c39-27-11-7-21(8-12-27)17-30-31(41)32(42)34(18-29(34)24-9-13-28(40)14-10-24)36(20-23-4-2-6-26(16-23)38(46)47)33(43)35(30)19-22-3-1-5-25(15-22)37(44)45/h1-16,29-32,39-42H,17-20H2/t29?,30-,31+,32-,34?/m1/s1. The van der Waals surface area contributed by atoms with Crippen LogP contribution in [0, 0.1) is 20.2 Å². The molecule has 0 bridgehead atoms. The lowest BCUT2D eigenvalue weighted by Gasteiger charge is -2.36. The highest BCUT2D eigenvalue weighted by Gasteiger charge is 2.68. The molecule has 2 unspecified atom stereocenters. The molecule has 13 nitrogen and oxygen atoms in total. The average molecular weight is 641 g/mol. The predicted octanol–water partition coefficient (Wildman–Crippen LogP) is 4.61. The number of aliphatic hydroxyl groups excluding tert-OH is 2. The number of urea groups is 1. The molecule has 4 aromatic carbocycles. The van der Waals surface area contributed by atoms with Crippen LogP contribution in [0.25, 0.3) is 0 Å². The first-order chi connectivity index (χ1) is 22.5. The third-order valence-corrected chi connectivity index (χ3v) is 9.20. The Morgan fingerprint density at radius 3 is 1.83 bits per heavy atom. The summed E-state index contributed by atoms with van der Waals surface area (Å²) in [6.45, 7) is -0.297. The molecule has 1 spiro atoms. The number of carbonyl (C=O) groups is 1. The molecule has 1 aliphatic heterocycles. The molecule has 13 heteroatoms. The molecule has 6 rings (SSSR count). The molecule has 1 heterocycles. The largest absolute Gasteiger partial charge is 0.508 e. The Bertz CT molecular complexity index is 1820. The van der Waals surface area contributed by atoms with Crippen molar-refractivity contribution in [1.82, 2.24) is 9.80 Å². The van der Waals surface area contributed by atoms with E-state index in [2.05, 4.69) is 0 Å². The lowest BCUT2D eigenvalue weighted by molar-refractivity contribution is -0.385. The van der Waals surface area contributed by atoms with Gasteiger partial charge in [0.05, 0.1) is 21.4 Å². The van der Waals surface area contributed by atoms with Crippen LogP contribution in [0.4, 0.5) is 16.2 Å². The van der Waals surface area contributed by atoms with E-state index in [1.54, 1.807) is 36.4 Å². The van der Waals surface area contributed by atoms with Crippen LogP contribution in [0.2, 0.25) is 0 Å². The number of hydrogen-bond acceptors (Lipinski definition) is 9. The maximum absolute atomic E-state index is 14.9. The van der Waals surface area contributed by atoms with E-state index in [9.17, 15) is 45.4 Å². The van der Waals surface area contributed by atoms with Crippen molar-refractivity contribution in [2.24, 2.45) is 0 Å². The number of phenols is 2. The quantitative estimate of drug-likeness (QED) is 0.149. The van der Waals surface area contributed by atoms with Gasteiger partial charge >= 0.3 is 6.03 Å². The van der Waals surface area contributed by atoms with Crippen molar-refractivity contribution in [2.75, 3.05) is 0 Å². The Hall–Kier alpha value is -5.53. The van der Waals surface area contributed by atoms with Gasteiger partial charge in [0.25, 0.3) is 11.4 Å². The topological polar surface area (TPSA) is 191 Å². The Balaban J connectivity index is 1.48. The number of rotatable bonds is 9. The number of non-ortho nitro benzene ring substituents is 2. The van der Waals surface area contributed by atoms with Crippen molar-refractivity contribution in [3.05, 3.63) is 140 Å². The van der Waals surface area contributed by atoms with E-state index in [0.29, 0.717) is 22.3 Å². The van der Waals surface area contributed by atoms with Gasteiger partial charge in [0.2, 0.25) is 0 Å². The molecule has 1 aliphatic carbocycles. The number of amides is 2. The van der Waals surface area contributed by atoms with Gasteiger partial charge in [0, 0.05) is 43.3 Å². The fourth-order valence-electron chi connectivity index (χ4n) is 6.75. The summed E-state index contributed by atoms with van der Waals surface area (Å²) in [5.41, 5.74) is 0.530. The second kappa shape index (κ2) is 12.3. The van der Waals surface area contributed by atoms with Gasteiger partial charge in [-0.05, 0) is 59.4 Å².